The Bertz CT molecular complexity index is 771. The molecule has 7 heteroatoms. The maximum Gasteiger partial charge on any atom is 0.231 e. The molecule has 0 radical (unpaired) electrons. The molecule has 1 aliphatic heterocycles. The van der Waals surface area contributed by atoms with Gasteiger partial charge >= 0.3 is 0 Å². The maximum absolute atomic E-state index is 12.3. The summed E-state index contributed by atoms with van der Waals surface area (Å²) in [5.74, 6) is -0.0716. The summed E-state index contributed by atoms with van der Waals surface area (Å²) in [6, 6.07) is 7.47. The van der Waals surface area contributed by atoms with Gasteiger partial charge in [-0.3, -0.25) is 14.3 Å². The van der Waals surface area contributed by atoms with Crippen LogP contribution in [0.5, 0.6) is 0 Å². The van der Waals surface area contributed by atoms with Gasteiger partial charge in [0.05, 0.1) is 5.92 Å². The largest absolute Gasteiger partial charge is 0.312 e. The Morgan fingerprint density at radius 1 is 1.39 bits per heavy atom. The fourth-order valence-corrected chi connectivity index (χ4v) is 2.89. The number of amides is 2. The van der Waals surface area contributed by atoms with Crippen molar-refractivity contribution >= 4 is 39.2 Å². The van der Waals surface area contributed by atoms with Crippen LogP contribution >= 0.6 is 15.9 Å². The summed E-state index contributed by atoms with van der Waals surface area (Å²) >= 11 is 3.45. The first-order valence-electron chi connectivity index (χ1n) is 7.31. The average molecular weight is 377 g/mol. The van der Waals surface area contributed by atoms with E-state index in [0.29, 0.717) is 12.4 Å². The first-order chi connectivity index (χ1) is 10.9. The van der Waals surface area contributed by atoms with E-state index in [9.17, 15) is 9.59 Å². The number of carbonyl (C=O) groups is 2. The van der Waals surface area contributed by atoms with Crippen molar-refractivity contribution in [3.63, 3.8) is 0 Å². The maximum atomic E-state index is 12.3. The molecule has 1 N–H and O–H groups in total. The lowest BCUT2D eigenvalue weighted by Crippen LogP contribution is -2.28. The highest BCUT2D eigenvalue weighted by atomic mass is 79.9. The number of nitrogens with one attached hydrogen (secondary N) is 1. The Labute approximate surface area is 142 Å². The number of hydrogen-bond acceptors (Lipinski definition) is 3. The van der Waals surface area contributed by atoms with Gasteiger partial charge in [-0.25, -0.2) is 0 Å². The number of rotatable bonds is 3. The second-order valence-electron chi connectivity index (χ2n) is 5.70. The number of hydrogen-bond donors (Lipinski definition) is 1. The van der Waals surface area contributed by atoms with Gasteiger partial charge in [-0.15, -0.1) is 0 Å². The summed E-state index contributed by atoms with van der Waals surface area (Å²) in [6.07, 6.45) is 1.97. The number of nitrogens with zero attached hydrogens (tertiary/aromatic N) is 3. The lowest BCUT2D eigenvalue weighted by atomic mass is 10.1. The highest BCUT2D eigenvalue weighted by Crippen LogP contribution is 2.29. The van der Waals surface area contributed by atoms with Crippen LogP contribution in [0.2, 0.25) is 0 Å². The van der Waals surface area contributed by atoms with Gasteiger partial charge in [-0.1, -0.05) is 15.9 Å². The highest BCUT2D eigenvalue weighted by molar-refractivity contribution is 9.10. The number of anilines is 2. The molecule has 1 saturated heterocycles. The van der Waals surface area contributed by atoms with Crippen molar-refractivity contribution in [1.29, 1.82) is 0 Å². The summed E-state index contributed by atoms with van der Waals surface area (Å²) in [5, 5.41) is 6.88. The van der Waals surface area contributed by atoms with E-state index in [2.05, 4.69) is 26.3 Å². The molecule has 1 atom stereocenters. The van der Waals surface area contributed by atoms with Gasteiger partial charge in [-0.2, -0.15) is 5.10 Å². The van der Waals surface area contributed by atoms with Gasteiger partial charge in [-0.05, 0) is 30.7 Å². The molecule has 0 aliphatic carbocycles. The average Bonchev–Trinajstić information content (AvgIpc) is 3.08. The van der Waals surface area contributed by atoms with Crippen LogP contribution in [0.25, 0.3) is 0 Å². The van der Waals surface area contributed by atoms with Crippen molar-refractivity contribution in [3.8, 4) is 0 Å². The summed E-state index contributed by atoms with van der Waals surface area (Å²) < 4.78 is 2.61. The highest BCUT2D eigenvalue weighted by Gasteiger charge is 2.35. The molecule has 2 amide bonds. The molecule has 3 rings (SSSR count). The van der Waals surface area contributed by atoms with Crippen LogP contribution < -0.4 is 10.2 Å². The fraction of sp³-hybridized carbons (Fsp3) is 0.312. The number of halogens is 1. The standard InChI is InChI=1S/C16H17BrN4O2/c1-10-7-12(3-4-13(10)17)21-9-11(8-15(21)22)16(23)18-14-5-6-20(2)19-14/h3-7,11H,8-9H2,1-2H3,(H,18,19,23). The van der Waals surface area contributed by atoms with E-state index in [-0.39, 0.29) is 24.2 Å². The molecular formula is C16H17BrN4O2. The van der Waals surface area contributed by atoms with Gasteiger partial charge in [0.15, 0.2) is 5.82 Å². The van der Waals surface area contributed by atoms with Gasteiger partial charge in [0.25, 0.3) is 0 Å². The third-order valence-electron chi connectivity index (χ3n) is 3.91. The predicted octanol–water partition coefficient (Wildman–Crippen LogP) is 2.48. The molecule has 2 heterocycles. The molecule has 1 aromatic heterocycles. The normalized spacial score (nSPS) is 17.6. The topological polar surface area (TPSA) is 67.2 Å². The van der Waals surface area contributed by atoms with E-state index in [1.165, 1.54) is 0 Å². The van der Waals surface area contributed by atoms with Crippen LogP contribution in [0.15, 0.2) is 34.9 Å². The van der Waals surface area contributed by atoms with Crippen molar-refractivity contribution < 1.29 is 9.59 Å². The molecule has 120 valence electrons. The summed E-state index contributed by atoms with van der Waals surface area (Å²) in [6.45, 7) is 2.36. The Balaban J connectivity index is 1.71. The Hall–Kier alpha value is -2.15. The minimum atomic E-state index is -0.367. The van der Waals surface area contributed by atoms with E-state index >= 15 is 0 Å². The molecule has 1 aromatic carbocycles. The van der Waals surface area contributed by atoms with Crippen LogP contribution in [0.4, 0.5) is 11.5 Å². The van der Waals surface area contributed by atoms with Crippen molar-refractivity contribution in [1.82, 2.24) is 9.78 Å². The van der Waals surface area contributed by atoms with Crippen LogP contribution in [0.1, 0.15) is 12.0 Å². The molecule has 0 bridgehead atoms. The van der Waals surface area contributed by atoms with Gasteiger partial charge in [0.1, 0.15) is 0 Å². The van der Waals surface area contributed by atoms with E-state index in [0.717, 1.165) is 15.7 Å². The van der Waals surface area contributed by atoms with E-state index in [1.54, 1.807) is 28.9 Å². The van der Waals surface area contributed by atoms with Crippen LogP contribution in [-0.2, 0) is 16.6 Å². The van der Waals surface area contributed by atoms with E-state index < -0.39 is 0 Å². The summed E-state index contributed by atoms with van der Waals surface area (Å²) in [5.41, 5.74) is 1.88. The molecule has 1 unspecified atom stereocenters. The van der Waals surface area contributed by atoms with Gasteiger partial charge in [0, 0.05) is 42.4 Å². The second-order valence-corrected chi connectivity index (χ2v) is 6.56. The zero-order chi connectivity index (χ0) is 16.6. The van der Waals surface area contributed by atoms with E-state index in [1.807, 2.05) is 25.1 Å². The first-order valence-corrected chi connectivity index (χ1v) is 8.10. The minimum absolute atomic E-state index is 0.0344. The lowest BCUT2D eigenvalue weighted by Gasteiger charge is -2.17. The van der Waals surface area contributed by atoms with E-state index in [4.69, 9.17) is 0 Å². The van der Waals surface area contributed by atoms with Crippen LogP contribution in [0, 0.1) is 12.8 Å². The molecule has 1 fully saturated rings. The molecule has 23 heavy (non-hydrogen) atoms. The monoisotopic (exact) mass is 376 g/mol. The number of benzene rings is 1. The van der Waals surface area contributed by atoms with Crippen LogP contribution in [0.3, 0.4) is 0 Å². The van der Waals surface area contributed by atoms with Gasteiger partial charge < -0.3 is 10.2 Å². The fourth-order valence-electron chi connectivity index (χ4n) is 2.64. The molecular weight excluding hydrogens is 360 g/mol. The number of aromatic nitrogens is 2. The Kier molecular flexibility index (Phi) is 4.21. The SMILES string of the molecule is Cc1cc(N2CC(C(=O)Nc3ccn(C)n3)CC2=O)ccc1Br. The third kappa shape index (κ3) is 3.29. The molecule has 0 spiro atoms. The van der Waals surface area contributed by atoms with Crippen molar-refractivity contribution in [2.75, 3.05) is 16.8 Å². The zero-order valence-corrected chi connectivity index (χ0v) is 14.5. The molecule has 2 aromatic rings. The molecule has 1 aliphatic rings. The Morgan fingerprint density at radius 2 is 2.17 bits per heavy atom. The van der Waals surface area contributed by atoms with Crippen molar-refractivity contribution in [2.24, 2.45) is 13.0 Å². The number of aryl methyl sites for hydroxylation is 2. The molecule has 6 nitrogen and oxygen atoms in total. The zero-order valence-electron chi connectivity index (χ0n) is 12.9. The van der Waals surface area contributed by atoms with Crippen LogP contribution in [-0.4, -0.2) is 28.1 Å². The minimum Gasteiger partial charge on any atom is -0.312 e. The molecule has 0 saturated carbocycles. The van der Waals surface area contributed by atoms with Gasteiger partial charge in [0.2, 0.25) is 11.8 Å². The smallest absolute Gasteiger partial charge is 0.231 e. The van der Waals surface area contributed by atoms with Crippen molar-refractivity contribution in [3.05, 3.63) is 40.5 Å². The summed E-state index contributed by atoms with van der Waals surface area (Å²) in [7, 11) is 1.78. The van der Waals surface area contributed by atoms with Crippen molar-refractivity contribution in [2.45, 2.75) is 13.3 Å². The predicted molar refractivity (Wildman–Crippen MR) is 91.2 cm³/mol. The second kappa shape index (κ2) is 6.16. The summed E-state index contributed by atoms with van der Waals surface area (Å²) in [4.78, 5) is 26.2. The number of carbonyl (C=O) groups excluding carboxylic acids is 2. The lowest BCUT2D eigenvalue weighted by molar-refractivity contribution is -0.122. The Morgan fingerprint density at radius 3 is 2.83 bits per heavy atom. The third-order valence-corrected chi connectivity index (χ3v) is 4.80. The quantitative estimate of drug-likeness (QED) is 0.894. The first kappa shape index (κ1) is 15.7.